The van der Waals surface area contributed by atoms with Crippen molar-refractivity contribution in [3.05, 3.63) is 35.0 Å². The molecule has 0 saturated heterocycles. The zero-order valence-corrected chi connectivity index (χ0v) is 12.5. The van der Waals surface area contributed by atoms with Gasteiger partial charge in [0.2, 0.25) is 0 Å². The summed E-state index contributed by atoms with van der Waals surface area (Å²) in [4.78, 5) is 12.3. The van der Waals surface area contributed by atoms with Crippen LogP contribution in [0.2, 0.25) is 0 Å². The summed E-state index contributed by atoms with van der Waals surface area (Å²) in [5.41, 5.74) is 1.89. The van der Waals surface area contributed by atoms with Crippen LogP contribution in [0.1, 0.15) is 45.4 Å². The molecule has 3 nitrogen and oxygen atoms in total. The van der Waals surface area contributed by atoms with E-state index in [1.807, 2.05) is 12.2 Å². The molecular weight excluding hydrogens is 272 g/mol. The summed E-state index contributed by atoms with van der Waals surface area (Å²) < 4.78 is 0. The molecule has 20 heavy (non-hydrogen) atoms. The molecule has 0 bridgehead atoms. The minimum Gasteiger partial charge on any atom is -0.272 e. The van der Waals surface area contributed by atoms with Crippen LogP contribution >= 0.6 is 11.6 Å². The Balaban J connectivity index is 1.89. The van der Waals surface area contributed by atoms with E-state index in [1.54, 1.807) is 5.01 Å². The van der Waals surface area contributed by atoms with E-state index in [1.165, 1.54) is 0 Å². The van der Waals surface area contributed by atoms with Gasteiger partial charge in [0.1, 0.15) is 0 Å². The Hall–Kier alpha value is -1.35. The predicted molar refractivity (Wildman–Crippen MR) is 81.2 cm³/mol. The topological polar surface area (TPSA) is 32.7 Å². The number of rotatable bonds is 2. The highest BCUT2D eigenvalue weighted by molar-refractivity contribution is 6.31. The molecule has 1 unspecified atom stereocenters. The standard InChI is InChI=1S/C16H19ClN2O/c1-16(9-5-2-6-10-16)14-11-15(20)19(18-14)13-8-4-3-7-12(13)17/h2-3,5,7H,4,6,8-11H2,1H3. The molecule has 1 aliphatic heterocycles. The summed E-state index contributed by atoms with van der Waals surface area (Å²) in [5.74, 6) is 0.0548. The molecule has 1 atom stereocenters. The van der Waals surface area contributed by atoms with Crippen molar-refractivity contribution < 1.29 is 4.79 Å². The maximum atomic E-state index is 12.3. The Morgan fingerprint density at radius 1 is 1.30 bits per heavy atom. The Morgan fingerprint density at radius 2 is 2.15 bits per heavy atom. The summed E-state index contributed by atoms with van der Waals surface area (Å²) in [5, 5.41) is 6.82. The van der Waals surface area contributed by atoms with Crippen molar-refractivity contribution in [3.63, 3.8) is 0 Å². The summed E-state index contributed by atoms with van der Waals surface area (Å²) >= 11 is 6.21. The van der Waals surface area contributed by atoms with Crippen LogP contribution < -0.4 is 0 Å². The third kappa shape index (κ3) is 2.35. The molecule has 106 valence electrons. The highest BCUT2D eigenvalue weighted by Crippen LogP contribution is 2.39. The molecule has 0 aromatic carbocycles. The van der Waals surface area contributed by atoms with Crippen molar-refractivity contribution in [1.29, 1.82) is 0 Å². The van der Waals surface area contributed by atoms with Crippen LogP contribution in [-0.4, -0.2) is 16.6 Å². The van der Waals surface area contributed by atoms with Gasteiger partial charge in [0.25, 0.3) is 5.91 Å². The Bertz CT molecular complexity index is 559. The SMILES string of the molecule is CC1(C2=NN(C3=C(Cl)C=CCC3)C(=O)C2)CC=CCC1. The van der Waals surface area contributed by atoms with E-state index in [2.05, 4.69) is 24.2 Å². The fourth-order valence-electron chi connectivity index (χ4n) is 3.03. The fraction of sp³-hybridized carbons (Fsp3) is 0.500. The quantitative estimate of drug-likeness (QED) is 0.704. The van der Waals surface area contributed by atoms with Crippen LogP contribution in [-0.2, 0) is 4.79 Å². The normalized spacial score (nSPS) is 30.2. The van der Waals surface area contributed by atoms with E-state index in [-0.39, 0.29) is 11.3 Å². The molecule has 0 radical (unpaired) electrons. The van der Waals surface area contributed by atoms with Crippen molar-refractivity contribution >= 4 is 23.2 Å². The third-order valence-electron chi connectivity index (χ3n) is 4.41. The second-order valence-electron chi connectivity index (χ2n) is 5.94. The summed E-state index contributed by atoms with van der Waals surface area (Å²) in [6.07, 6.45) is 13.6. The molecule has 0 N–H and O–H groups in total. The number of amides is 1. The van der Waals surface area contributed by atoms with E-state index in [0.29, 0.717) is 11.5 Å². The average molecular weight is 291 g/mol. The van der Waals surface area contributed by atoms with Crippen molar-refractivity contribution in [2.75, 3.05) is 0 Å². The minimum absolute atomic E-state index is 0.0245. The van der Waals surface area contributed by atoms with E-state index >= 15 is 0 Å². The van der Waals surface area contributed by atoms with Gasteiger partial charge in [-0.3, -0.25) is 4.79 Å². The first-order valence-corrected chi connectivity index (χ1v) is 7.59. The van der Waals surface area contributed by atoms with Crippen molar-refractivity contribution in [3.8, 4) is 0 Å². The second-order valence-corrected chi connectivity index (χ2v) is 6.35. The number of hydrogen-bond acceptors (Lipinski definition) is 2. The number of hydrogen-bond donors (Lipinski definition) is 0. The molecule has 0 spiro atoms. The maximum Gasteiger partial charge on any atom is 0.252 e. The van der Waals surface area contributed by atoms with Crippen molar-refractivity contribution in [2.45, 2.75) is 45.4 Å². The largest absolute Gasteiger partial charge is 0.272 e. The van der Waals surface area contributed by atoms with Gasteiger partial charge in [-0.05, 0) is 38.2 Å². The number of carbonyl (C=O) groups excluding carboxylic acids is 1. The first-order valence-electron chi connectivity index (χ1n) is 7.21. The van der Waals surface area contributed by atoms with Crippen LogP contribution in [0.15, 0.2) is 40.1 Å². The van der Waals surface area contributed by atoms with E-state index in [4.69, 9.17) is 11.6 Å². The zero-order valence-electron chi connectivity index (χ0n) is 11.7. The highest BCUT2D eigenvalue weighted by atomic mass is 35.5. The smallest absolute Gasteiger partial charge is 0.252 e. The molecule has 3 rings (SSSR count). The Labute approximate surface area is 124 Å². The van der Waals surface area contributed by atoms with Gasteiger partial charge in [-0.2, -0.15) is 5.10 Å². The fourth-order valence-corrected chi connectivity index (χ4v) is 3.30. The van der Waals surface area contributed by atoms with E-state index in [0.717, 1.165) is 43.5 Å². The zero-order chi connectivity index (χ0) is 14.2. The molecule has 0 saturated carbocycles. The Morgan fingerprint density at radius 3 is 2.85 bits per heavy atom. The lowest BCUT2D eigenvalue weighted by Gasteiger charge is -2.30. The number of hydrazone groups is 1. The van der Waals surface area contributed by atoms with Gasteiger partial charge in [-0.1, -0.05) is 36.8 Å². The average Bonchev–Trinajstić information content (AvgIpc) is 2.83. The van der Waals surface area contributed by atoms with Crippen molar-refractivity contribution in [2.24, 2.45) is 10.5 Å². The number of halogens is 1. The van der Waals surface area contributed by atoms with Gasteiger partial charge in [0.15, 0.2) is 0 Å². The number of carbonyl (C=O) groups is 1. The van der Waals surface area contributed by atoms with Crippen LogP contribution in [0.4, 0.5) is 0 Å². The van der Waals surface area contributed by atoms with E-state index < -0.39 is 0 Å². The van der Waals surface area contributed by atoms with Crippen LogP contribution in [0.25, 0.3) is 0 Å². The predicted octanol–water partition coefficient (Wildman–Crippen LogP) is 4.12. The van der Waals surface area contributed by atoms with Gasteiger partial charge >= 0.3 is 0 Å². The lowest BCUT2D eigenvalue weighted by molar-refractivity contribution is -0.127. The van der Waals surface area contributed by atoms with E-state index in [9.17, 15) is 4.79 Å². The molecule has 0 aromatic heterocycles. The highest BCUT2D eigenvalue weighted by Gasteiger charge is 2.38. The summed E-state index contributed by atoms with van der Waals surface area (Å²) in [7, 11) is 0. The summed E-state index contributed by atoms with van der Waals surface area (Å²) in [6, 6.07) is 0. The monoisotopic (exact) mass is 290 g/mol. The van der Waals surface area contributed by atoms with Gasteiger partial charge in [0, 0.05) is 5.41 Å². The van der Waals surface area contributed by atoms with Gasteiger partial charge in [-0.15, -0.1) is 0 Å². The van der Waals surface area contributed by atoms with Gasteiger partial charge < -0.3 is 0 Å². The van der Waals surface area contributed by atoms with Gasteiger partial charge in [0.05, 0.1) is 22.9 Å². The third-order valence-corrected chi connectivity index (χ3v) is 4.76. The second kappa shape index (κ2) is 5.21. The van der Waals surface area contributed by atoms with Crippen molar-refractivity contribution in [1.82, 2.24) is 5.01 Å². The molecule has 2 aliphatic carbocycles. The molecule has 0 fully saturated rings. The molecular formula is C16H19ClN2O. The maximum absolute atomic E-state index is 12.3. The molecule has 1 amide bonds. The number of allylic oxidation sites excluding steroid dienone is 6. The van der Waals surface area contributed by atoms with Crippen LogP contribution in [0.3, 0.4) is 0 Å². The Kier molecular flexibility index (Phi) is 3.55. The summed E-state index contributed by atoms with van der Waals surface area (Å²) in [6.45, 7) is 2.21. The molecule has 4 heteroatoms. The molecule has 3 aliphatic rings. The first kappa shape index (κ1) is 13.6. The van der Waals surface area contributed by atoms with Crippen LogP contribution in [0, 0.1) is 5.41 Å². The molecule has 0 aromatic rings. The lowest BCUT2D eigenvalue weighted by atomic mass is 9.74. The first-order chi connectivity index (χ1) is 9.60. The molecule has 1 heterocycles. The van der Waals surface area contributed by atoms with Crippen LogP contribution in [0.5, 0.6) is 0 Å². The van der Waals surface area contributed by atoms with Gasteiger partial charge in [-0.25, -0.2) is 5.01 Å². The lowest BCUT2D eigenvalue weighted by Crippen LogP contribution is -2.28. The minimum atomic E-state index is 0.0245. The number of nitrogens with zero attached hydrogens (tertiary/aromatic N) is 2.